The van der Waals surface area contributed by atoms with E-state index in [1.807, 2.05) is 0 Å². The molecular formula is C13H25N3O2. The Labute approximate surface area is 109 Å². The Hall–Kier alpha value is -0.650. The van der Waals surface area contributed by atoms with Gasteiger partial charge in [-0.15, -0.1) is 0 Å². The zero-order chi connectivity index (χ0) is 13.1. The van der Waals surface area contributed by atoms with Crippen LogP contribution in [0.3, 0.4) is 0 Å². The number of nitrogens with two attached hydrogens (primary N) is 1. The van der Waals surface area contributed by atoms with Crippen molar-refractivity contribution in [1.29, 1.82) is 0 Å². The van der Waals surface area contributed by atoms with Gasteiger partial charge in [-0.05, 0) is 31.1 Å². The maximum Gasteiger partial charge on any atom is 0.263 e. The van der Waals surface area contributed by atoms with E-state index < -0.39 is 0 Å². The van der Waals surface area contributed by atoms with Gasteiger partial charge in [0.05, 0.1) is 6.10 Å². The fourth-order valence-corrected chi connectivity index (χ4v) is 3.35. The van der Waals surface area contributed by atoms with Gasteiger partial charge in [0.25, 0.3) is 5.91 Å². The average Bonchev–Trinajstić information content (AvgIpc) is 2.75. The largest absolute Gasteiger partial charge is 0.364 e. The third kappa shape index (κ3) is 3.43. The standard InChI is InChI=1S/C13H25N3O2/c1-9-5-10(2)7-16(6-9)8-11-3-4-12(18-11)13(17)15-14/h9-12H,3-8,14H2,1-2H3,(H,15,17). The SMILES string of the molecule is CC1CC(C)CN(CC2CCC(C(=O)NN)O2)C1. The lowest BCUT2D eigenvalue weighted by molar-refractivity contribution is -0.132. The second-order valence-electron chi connectivity index (χ2n) is 6.00. The van der Waals surface area contributed by atoms with E-state index >= 15 is 0 Å². The van der Waals surface area contributed by atoms with E-state index in [4.69, 9.17) is 10.6 Å². The van der Waals surface area contributed by atoms with E-state index in [1.165, 1.54) is 6.42 Å². The maximum atomic E-state index is 11.4. The van der Waals surface area contributed by atoms with E-state index in [2.05, 4.69) is 24.2 Å². The number of ether oxygens (including phenoxy) is 1. The fraction of sp³-hybridized carbons (Fsp3) is 0.923. The minimum absolute atomic E-state index is 0.185. The molecule has 0 spiro atoms. The first kappa shape index (κ1) is 13.8. The predicted octanol–water partition coefficient (Wildman–Crippen LogP) is 0.502. The first-order valence-electron chi connectivity index (χ1n) is 6.96. The summed E-state index contributed by atoms with van der Waals surface area (Å²) in [6, 6.07) is 0. The summed E-state index contributed by atoms with van der Waals surface area (Å²) in [4.78, 5) is 13.9. The Balaban J connectivity index is 1.79. The number of hydrazine groups is 1. The van der Waals surface area contributed by atoms with E-state index in [9.17, 15) is 4.79 Å². The van der Waals surface area contributed by atoms with Gasteiger partial charge in [-0.1, -0.05) is 13.8 Å². The summed E-state index contributed by atoms with van der Waals surface area (Å²) >= 11 is 0. The lowest BCUT2D eigenvalue weighted by Gasteiger charge is -2.36. The van der Waals surface area contributed by atoms with Gasteiger partial charge in [-0.25, -0.2) is 5.84 Å². The number of nitrogens with one attached hydrogen (secondary N) is 1. The molecule has 0 aromatic rings. The highest BCUT2D eigenvalue weighted by molar-refractivity contribution is 5.80. The van der Waals surface area contributed by atoms with Crippen LogP contribution in [0.5, 0.6) is 0 Å². The van der Waals surface area contributed by atoms with Crippen LogP contribution in [0, 0.1) is 11.8 Å². The van der Waals surface area contributed by atoms with Gasteiger partial charge in [0.2, 0.25) is 0 Å². The van der Waals surface area contributed by atoms with E-state index in [-0.39, 0.29) is 18.1 Å². The number of rotatable bonds is 3. The molecule has 1 amide bonds. The normalized spacial score (nSPS) is 37.7. The Morgan fingerprint density at radius 2 is 2.00 bits per heavy atom. The van der Waals surface area contributed by atoms with Gasteiger partial charge in [0, 0.05) is 19.6 Å². The van der Waals surface area contributed by atoms with Crippen LogP contribution in [0.2, 0.25) is 0 Å². The van der Waals surface area contributed by atoms with Crippen LogP contribution in [0.4, 0.5) is 0 Å². The summed E-state index contributed by atoms with van der Waals surface area (Å²) in [5, 5.41) is 0. The quantitative estimate of drug-likeness (QED) is 0.438. The molecule has 2 heterocycles. The Morgan fingerprint density at radius 1 is 1.33 bits per heavy atom. The zero-order valence-corrected chi connectivity index (χ0v) is 11.4. The summed E-state index contributed by atoms with van der Waals surface area (Å²) in [5.41, 5.74) is 2.17. The summed E-state index contributed by atoms with van der Waals surface area (Å²) in [5.74, 6) is 6.46. The van der Waals surface area contributed by atoms with Crippen molar-refractivity contribution in [2.45, 2.75) is 45.3 Å². The van der Waals surface area contributed by atoms with Gasteiger partial charge in [-0.3, -0.25) is 10.2 Å². The van der Waals surface area contributed by atoms with Crippen LogP contribution in [0.1, 0.15) is 33.1 Å². The van der Waals surface area contributed by atoms with Crippen molar-refractivity contribution in [2.75, 3.05) is 19.6 Å². The van der Waals surface area contributed by atoms with E-state index in [0.29, 0.717) is 0 Å². The molecule has 0 aromatic carbocycles. The monoisotopic (exact) mass is 255 g/mol. The highest BCUT2D eigenvalue weighted by Crippen LogP contribution is 2.25. The molecule has 4 atom stereocenters. The zero-order valence-electron chi connectivity index (χ0n) is 11.4. The third-order valence-electron chi connectivity index (χ3n) is 3.95. The molecule has 0 aliphatic carbocycles. The molecule has 0 radical (unpaired) electrons. The molecule has 2 aliphatic heterocycles. The third-order valence-corrected chi connectivity index (χ3v) is 3.95. The lowest BCUT2D eigenvalue weighted by atomic mass is 9.91. The number of hydrogen-bond acceptors (Lipinski definition) is 4. The molecule has 5 nitrogen and oxygen atoms in total. The predicted molar refractivity (Wildman–Crippen MR) is 69.6 cm³/mol. The molecule has 2 rings (SSSR count). The molecule has 0 aromatic heterocycles. The average molecular weight is 255 g/mol. The van der Waals surface area contributed by atoms with Crippen molar-refractivity contribution >= 4 is 5.91 Å². The van der Waals surface area contributed by atoms with Crippen LogP contribution >= 0.6 is 0 Å². The highest BCUT2D eigenvalue weighted by atomic mass is 16.5. The minimum Gasteiger partial charge on any atom is -0.364 e. The van der Waals surface area contributed by atoms with Crippen molar-refractivity contribution in [3.05, 3.63) is 0 Å². The number of likely N-dealkylation sites (tertiary alicyclic amines) is 1. The van der Waals surface area contributed by atoms with Gasteiger partial charge >= 0.3 is 0 Å². The van der Waals surface area contributed by atoms with Crippen LogP contribution in [-0.2, 0) is 9.53 Å². The number of carbonyl (C=O) groups is 1. The van der Waals surface area contributed by atoms with E-state index in [1.54, 1.807) is 0 Å². The molecule has 5 heteroatoms. The second kappa shape index (κ2) is 5.99. The van der Waals surface area contributed by atoms with Crippen molar-refractivity contribution in [2.24, 2.45) is 17.7 Å². The molecule has 4 unspecified atom stereocenters. The van der Waals surface area contributed by atoms with Gasteiger partial charge in [0.1, 0.15) is 6.10 Å². The van der Waals surface area contributed by atoms with Crippen molar-refractivity contribution in [1.82, 2.24) is 10.3 Å². The molecule has 104 valence electrons. The van der Waals surface area contributed by atoms with Crippen molar-refractivity contribution < 1.29 is 9.53 Å². The molecule has 0 bridgehead atoms. The topological polar surface area (TPSA) is 67.6 Å². The smallest absolute Gasteiger partial charge is 0.263 e. The van der Waals surface area contributed by atoms with Crippen LogP contribution in [0.25, 0.3) is 0 Å². The Bertz CT molecular complexity index is 288. The minimum atomic E-state index is -0.348. The molecule has 2 saturated heterocycles. The number of amides is 1. The van der Waals surface area contributed by atoms with Crippen LogP contribution in [-0.4, -0.2) is 42.6 Å². The van der Waals surface area contributed by atoms with Crippen LogP contribution < -0.4 is 11.3 Å². The molecule has 0 saturated carbocycles. The number of piperidine rings is 1. The molecule has 2 fully saturated rings. The number of nitrogens with zero attached hydrogens (tertiary/aromatic N) is 1. The fourth-order valence-electron chi connectivity index (χ4n) is 3.35. The molecule has 18 heavy (non-hydrogen) atoms. The van der Waals surface area contributed by atoms with Crippen LogP contribution in [0.15, 0.2) is 0 Å². The Kier molecular flexibility index (Phi) is 4.59. The lowest BCUT2D eigenvalue weighted by Crippen LogP contribution is -2.43. The summed E-state index contributed by atoms with van der Waals surface area (Å²) in [7, 11) is 0. The summed E-state index contributed by atoms with van der Waals surface area (Å²) in [6.45, 7) is 7.87. The van der Waals surface area contributed by atoms with Gasteiger partial charge in [-0.2, -0.15) is 0 Å². The maximum absolute atomic E-state index is 11.4. The van der Waals surface area contributed by atoms with Crippen molar-refractivity contribution in [3.8, 4) is 0 Å². The first-order valence-corrected chi connectivity index (χ1v) is 6.96. The summed E-state index contributed by atoms with van der Waals surface area (Å²) < 4.78 is 5.75. The molecular weight excluding hydrogens is 230 g/mol. The highest BCUT2D eigenvalue weighted by Gasteiger charge is 2.32. The van der Waals surface area contributed by atoms with Crippen molar-refractivity contribution in [3.63, 3.8) is 0 Å². The number of hydrogen-bond donors (Lipinski definition) is 2. The molecule has 2 aliphatic rings. The molecule has 3 N–H and O–H groups in total. The second-order valence-corrected chi connectivity index (χ2v) is 6.00. The number of carbonyl (C=O) groups excluding carboxylic acids is 1. The van der Waals surface area contributed by atoms with Gasteiger partial charge in [0.15, 0.2) is 0 Å². The van der Waals surface area contributed by atoms with Gasteiger partial charge < -0.3 is 9.64 Å². The van der Waals surface area contributed by atoms with E-state index in [0.717, 1.165) is 44.3 Å². The first-order chi connectivity index (χ1) is 8.58. The Morgan fingerprint density at radius 3 is 2.61 bits per heavy atom. The summed E-state index contributed by atoms with van der Waals surface area (Å²) in [6.07, 6.45) is 2.90.